The molecule has 1 aromatic carbocycles. The highest BCUT2D eigenvalue weighted by atomic mass is 19.4. The summed E-state index contributed by atoms with van der Waals surface area (Å²) in [5, 5.41) is 0. The highest BCUT2D eigenvalue weighted by molar-refractivity contribution is 5.32. The largest absolute Gasteiger partial charge is 0.573 e. The van der Waals surface area contributed by atoms with Crippen LogP contribution >= 0.6 is 0 Å². The fraction of sp³-hybridized carbons (Fsp3) is 0.400. The van der Waals surface area contributed by atoms with Crippen LogP contribution in [0.15, 0.2) is 18.2 Å². The van der Waals surface area contributed by atoms with Gasteiger partial charge >= 0.3 is 6.36 Å². The molecule has 0 bridgehead atoms. The first-order chi connectivity index (χ1) is 7.37. The quantitative estimate of drug-likeness (QED) is 0.581. The van der Waals surface area contributed by atoms with E-state index < -0.39 is 17.9 Å². The minimum Gasteiger partial charge on any atom is -0.403 e. The lowest BCUT2D eigenvalue weighted by Gasteiger charge is -2.09. The van der Waals surface area contributed by atoms with Crippen LogP contribution in [0, 0.1) is 5.82 Å². The van der Waals surface area contributed by atoms with Crippen molar-refractivity contribution in [2.24, 2.45) is 0 Å². The zero-order valence-corrected chi connectivity index (χ0v) is 8.22. The number of hydrogen-bond donors (Lipinski definition) is 0. The molecular formula is C10H8F4O2. The van der Waals surface area contributed by atoms with Crippen molar-refractivity contribution in [2.75, 3.05) is 0 Å². The first-order valence-corrected chi connectivity index (χ1v) is 4.57. The third kappa shape index (κ3) is 2.44. The van der Waals surface area contributed by atoms with E-state index in [0.29, 0.717) is 5.56 Å². The van der Waals surface area contributed by atoms with Crippen LogP contribution in [-0.2, 0) is 4.74 Å². The molecule has 1 aliphatic heterocycles. The van der Waals surface area contributed by atoms with E-state index in [1.165, 1.54) is 6.07 Å². The van der Waals surface area contributed by atoms with Gasteiger partial charge in [-0.15, -0.1) is 13.2 Å². The molecule has 2 rings (SSSR count). The molecule has 0 aliphatic carbocycles. The van der Waals surface area contributed by atoms with Crippen molar-refractivity contribution in [3.05, 3.63) is 29.6 Å². The van der Waals surface area contributed by atoms with E-state index in [1.807, 2.05) is 0 Å². The molecule has 88 valence electrons. The molecule has 6 heteroatoms. The van der Waals surface area contributed by atoms with Gasteiger partial charge in [-0.3, -0.25) is 0 Å². The first kappa shape index (κ1) is 11.2. The number of rotatable bonds is 2. The van der Waals surface area contributed by atoms with Crippen molar-refractivity contribution >= 4 is 0 Å². The van der Waals surface area contributed by atoms with Crippen LogP contribution < -0.4 is 4.74 Å². The van der Waals surface area contributed by atoms with Crippen LogP contribution in [0.5, 0.6) is 5.75 Å². The van der Waals surface area contributed by atoms with Gasteiger partial charge in [0, 0.05) is 0 Å². The summed E-state index contributed by atoms with van der Waals surface area (Å²) in [6.45, 7) is 1.79. The molecule has 0 amide bonds. The van der Waals surface area contributed by atoms with Crippen LogP contribution in [-0.4, -0.2) is 12.5 Å². The number of benzene rings is 1. The third-order valence-corrected chi connectivity index (χ3v) is 2.22. The molecule has 1 saturated heterocycles. The molecule has 1 aliphatic rings. The maximum absolute atomic E-state index is 13.2. The number of epoxide rings is 1. The van der Waals surface area contributed by atoms with Crippen LogP contribution in [0.3, 0.4) is 0 Å². The Hall–Kier alpha value is -1.30. The maximum Gasteiger partial charge on any atom is 0.573 e. The number of ether oxygens (including phenoxy) is 2. The van der Waals surface area contributed by atoms with Gasteiger partial charge in [0.05, 0.1) is 6.10 Å². The summed E-state index contributed by atoms with van der Waals surface area (Å²) in [7, 11) is 0. The lowest BCUT2D eigenvalue weighted by atomic mass is 10.1. The molecule has 0 radical (unpaired) electrons. The molecule has 1 heterocycles. The smallest absolute Gasteiger partial charge is 0.403 e. The van der Waals surface area contributed by atoms with E-state index in [4.69, 9.17) is 4.74 Å². The van der Waals surface area contributed by atoms with Crippen molar-refractivity contribution in [1.29, 1.82) is 0 Å². The Bertz CT molecular complexity index is 402. The van der Waals surface area contributed by atoms with Crippen molar-refractivity contribution < 1.29 is 27.0 Å². The molecule has 2 nitrogen and oxygen atoms in total. The second-order valence-electron chi connectivity index (χ2n) is 3.50. The molecule has 2 atom stereocenters. The Labute approximate surface area is 88.8 Å². The fourth-order valence-corrected chi connectivity index (χ4v) is 1.44. The van der Waals surface area contributed by atoms with Gasteiger partial charge in [0.15, 0.2) is 11.6 Å². The first-order valence-electron chi connectivity index (χ1n) is 4.57. The molecule has 0 spiro atoms. The van der Waals surface area contributed by atoms with Gasteiger partial charge in [0.1, 0.15) is 6.10 Å². The van der Waals surface area contributed by atoms with Gasteiger partial charge in [-0.2, -0.15) is 0 Å². The Kier molecular flexibility index (Phi) is 2.53. The van der Waals surface area contributed by atoms with Gasteiger partial charge in [-0.25, -0.2) is 4.39 Å². The van der Waals surface area contributed by atoms with Gasteiger partial charge in [-0.1, -0.05) is 6.07 Å². The number of hydrogen-bond acceptors (Lipinski definition) is 2. The average molecular weight is 236 g/mol. The van der Waals surface area contributed by atoms with Gasteiger partial charge < -0.3 is 9.47 Å². The van der Waals surface area contributed by atoms with Crippen molar-refractivity contribution in [3.8, 4) is 5.75 Å². The highest BCUT2D eigenvalue weighted by Gasteiger charge is 2.37. The van der Waals surface area contributed by atoms with Crippen LogP contribution in [0.1, 0.15) is 18.6 Å². The second kappa shape index (κ2) is 3.62. The molecule has 2 unspecified atom stereocenters. The van der Waals surface area contributed by atoms with Crippen LogP contribution in [0.25, 0.3) is 0 Å². The summed E-state index contributed by atoms with van der Waals surface area (Å²) in [4.78, 5) is 0. The zero-order valence-electron chi connectivity index (χ0n) is 8.22. The van der Waals surface area contributed by atoms with Gasteiger partial charge in [0.25, 0.3) is 0 Å². The standard InChI is InChI=1S/C10H8F4O2/c1-5-9(15-5)6-2-3-8(7(11)4-6)16-10(12,13)14/h2-5,9H,1H3. The molecule has 1 aromatic rings. The molecule has 0 aromatic heterocycles. The molecular weight excluding hydrogens is 228 g/mol. The normalized spacial score (nSPS) is 24.3. The minimum atomic E-state index is -4.88. The summed E-state index contributed by atoms with van der Waals surface area (Å²) in [5.41, 5.74) is 0.513. The number of alkyl halides is 3. The fourth-order valence-electron chi connectivity index (χ4n) is 1.44. The molecule has 16 heavy (non-hydrogen) atoms. The molecule has 1 fully saturated rings. The van der Waals surface area contributed by atoms with Gasteiger partial charge in [-0.05, 0) is 24.6 Å². The molecule has 0 saturated carbocycles. The highest BCUT2D eigenvalue weighted by Crippen LogP contribution is 2.39. The lowest BCUT2D eigenvalue weighted by molar-refractivity contribution is -0.275. The van der Waals surface area contributed by atoms with E-state index in [-0.39, 0.29) is 12.2 Å². The van der Waals surface area contributed by atoms with Crippen molar-refractivity contribution in [3.63, 3.8) is 0 Å². The third-order valence-electron chi connectivity index (χ3n) is 2.22. The summed E-state index contributed by atoms with van der Waals surface area (Å²) in [6, 6.07) is 3.31. The van der Waals surface area contributed by atoms with E-state index in [0.717, 1.165) is 12.1 Å². The molecule has 0 N–H and O–H groups in total. The zero-order chi connectivity index (χ0) is 11.9. The lowest BCUT2D eigenvalue weighted by Crippen LogP contribution is -2.18. The number of halogens is 4. The van der Waals surface area contributed by atoms with Crippen molar-refractivity contribution in [1.82, 2.24) is 0 Å². The SMILES string of the molecule is CC1OC1c1ccc(OC(F)(F)F)c(F)c1. The Morgan fingerprint density at radius 2 is 1.94 bits per heavy atom. The summed E-state index contributed by atoms with van der Waals surface area (Å²) in [5.74, 6) is -1.87. The second-order valence-corrected chi connectivity index (χ2v) is 3.50. The van der Waals surface area contributed by atoms with E-state index in [2.05, 4.69) is 4.74 Å². The summed E-state index contributed by atoms with van der Waals surface area (Å²) < 4.78 is 57.3. The summed E-state index contributed by atoms with van der Waals surface area (Å²) >= 11 is 0. The monoisotopic (exact) mass is 236 g/mol. The van der Waals surface area contributed by atoms with E-state index in [9.17, 15) is 17.6 Å². The Morgan fingerprint density at radius 1 is 1.31 bits per heavy atom. The van der Waals surface area contributed by atoms with Crippen LogP contribution in [0.4, 0.5) is 17.6 Å². The minimum absolute atomic E-state index is 0.0196. The Morgan fingerprint density at radius 3 is 2.38 bits per heavy atom. The predicted octanol–water partition coefficient (Wildman–Crippen LogP) is 3.18. The van der Waals surface area contributed by atoms with Gasteiger partial charge in [0.2, 0.25) is 0 Å². The van der Waals surface area contributed by atoms with E-state index in [1.54, 1.807) is 6.92 Å². The average Bonchev–Trinajstić information content (AvgIpc) is 2.84. The maximum atomic E-state index is 13.2. The van der Waals surface area contributed by atoms with Crippen molar-refractivity contribution in [2.45, 2.75) is 25.5 Å². The van der Waals surface area contributed by atoms with Crippen LogP contribution in [0.2, 0.25) is 0 Å². The topological polar surface area (TPSA) is 21.8 Å². The van der Waals surface area contributed by atoms with E-state index >= 15 is 0 Å². The summed E-state index contributed by atoms with van der Waals surface area (Å²) in [6.07, 6.45) is -5.13. The predicted molar refractivity (Wildman–Crippen MR) is 46.4 cm³/mol. The Balaban J connectivity index is 2.17.